The topological polar surface area (TPSA) is 134 Å². The molecule has 2 amide bonds. The fourth-order valence-corrected chi connectivity index (χ4v) is 4.39. The lowest BCUT2D eigenvalue weighted by Crippen LogP contribution is -2.44. The van der Waals surface area contributed by atoms with Gasteiger partial charge in [0, 0.05) is 37.1 Å². The Hall–Kier alpha value is -3.69. The van der Waals surface area contributed by atoms with Crippen LogP contribution in [0.2, 0.25) is 0 Å². The van der Waals surface area contributed by atoms with E-state index in [1.807, 2.05) is 38.1 Å². The number of carbonyl (C=O) groups is 3. The molecule has 9 nitrogen and oxygen atoms in total. The number of anilines is 1. The summed E-state index contributed by atoms with van der Waals surface area (Å²) in [5.41, 5.74) is 2.04. The molecule has 2 rings (SSSR count). The molecule has 1 aliphatic rings. The fourth-order valence-electron chi connectivity index (χ4n) is 4.39. The number of amides is 2. The number of allylic oxidation sites excluding steroid dienone is 5. The van der Waals surface area contributed by atoms with Crippen LogP contribution in [0.1, 0.15) is 59.4 Å². The van der Waals surface area contributed by atoms with Gasteiger partial charge in [-0.15, -0.1) is 0 Å². The van der Waals surface area contributed by atoms with Crippen molar-refractivity contribution in [1.82, 2.24) is 5.32 Å². The minimum absolute atomic E-state index is 0.0415. The largest absolute Gasteiger partial charge is 0.508 e. The Bertz CT molecular complexity index is 1180. The molecular weight excluding hydrogens is 536 g/mol. The molecule has 230 valence electrons. The number of aryl methyl sites for hydroxylation is 1. The number of phenols is 1. The van der Waals surface area contributed by atoms with E-state index in [-0.39, 0.29) is 29.9 Å². The van der Waals surface area contributed by atoms with Gasteiger partial charge in [0.1, 0.15) is 17.9 Å². The van der Waals surface area contributed by atoms with Crippen LogP contribution in [-0.2, 0) is 30.3 Å². The highest BCUT2D eigenvalue weighted by Crippen LogP contribution is 2.24. The number of esters is 1. The molecule has 0 saturated heterocycles. The third kappa shape index (κ3) is 11.7. The number of benzene rings is 1. The van der Waals surface area contributed by atoms with Gasteiger partial charge in [-0.2, -0.15) is 0 Å². The lowest BCUT2D eigenvalue weighted by molar-refractivity contribution is -0.156. The number of rotatable bonds is 5. The third-order valence-corrected chi connectivity index (χ3v) is 7.07. The van der Waals surface area contributed by atoms with E-state index in [0.29, 0.717) is 24.9 Å². The first-order valence-electron chi connectivity index (χ1n) is 14.4. The number of carbonyl (C=O) groups excluding carboxylic acids is 3. The van der Waals surface area contributed by atoms with Crippen molar-refractivity contribution in [3.05, 3.63) is 71.9 Å². The smallest absolute Gasteiger partial charge is 0.328 e. The maximum Gasteiger partial charge on any atom is 0.328 e. The quantitative estimate of drug-likeness (QED) is 0.291. The zero-order valence-corrected chi connectivity index (χ0v) is 25.5. The Morgan fingerprint density at radius 3 is 2.50 bits per heavy atom. The number of aromatic hydroxyl groups is 1. The van der Waals surface area contributed by atoms with Gasteiger partial charge in [0.05, 0.1) is 18.6 Å². The number of aliphatic hydroxyl groups excluding tert-OH is 1. The molecule has 42 heavy (non-hydrogen) atoms. The van der Waals surface area contributed by atoms with Crippen LogP contribution in [0.15, 0.2) is 66.3 Å². The molecule has 0 aromatic heterocycles. The zero-order valence-electron chi connectivity index (χ0n) is 25.5. The van der Waals surface area contributed by atoms with E-state index in [1.165, 1.54) is 13.2 Å². The minimum Gasteiger partial charge on any atom is -0.508 e. The highest BCUT2D eigenvalue weighted by molar-refractivity contribution is 5.91. The summed E-state index contributed by atoms with van der Waals surface area (Å²) in [6.45, 7) is 8.73. The lowest BCUT2D eigenvalue weighted by Gasteiger charge is -2.29. The lowest BCUT2D eigenvalue weighted by atomic mass is 9.90. The monoisotopic (exact) mass is 582 g/mol. The molecule has 1 aromatic carbocycles. The molecule has 1 aromatic rings. The second-order valence-electron chi connectivity index (χ2n) is 11.0. The molecule has 0 fully saturated rings. The molecule has 0 saturated carbocycles. The first kappa shape index (κ1) is 34.5. The minimum atomic E-state index is -0.880. The predicted molar refractivity (Wildman–Crippen MR) is 164 cm³/mol. The number of hydrogen-bond acceptors (Lipinski definition) is 7. The zero-order chi connectivity index (χ0) is 31.2. The van der Waals surface area contributed by atoms with Gasteiger partial charge in [-0.05, 0) is 50.0 Å². The van der Waals surface area contributed by atoms with E-state index >= 15 is 0 Å². The van der Waals surface area contributed by atoms with Crippen molar-refractivity contribution >= 4 is 23.5 Å². The van der Waals surface area contributed by atoms with E-state index < -0.39 is 36.2 Å². The van der Waals surface area contributed by atoms with Gasteiger partial charge in [0.2, 0.25) is 11.8 Å². The van der Waals surface area contributed by atoms with Crippen LogP contribution in [-0.4, -0.2) is 59.5 Å². The number of phenolic OH excluding ortho intramolecular Hbond substituents is 1. The Kier molecular flexibility index (Phi) is 14.2. The molecule has 1 heterocycles. The molecule has 9 heteroatoms. The molecule has 5 atom stereocenters. The van der Waals surface area contributed by atoms with E-state index in [0.717, 1.165) is 11.1 Å². The summed E-state index contributed by atoms with van der Waals surface area (Å²) < 4.78 is 11.2. The Balaban J connectivity index is 2.32. The molecule has 4 N–H and O–H groups in total. The van der Waals surface area contributed by atoms with Crippen LogP contribution in [0, 0.1) is 11.8 Å². The highest BCUT2D eigenvalue weighted by Gasteiger charge is 2.30. The van der Waals surface area contributed by atoms with Gasteiger partial charge in [0.15, 0.2) is 0 Å². The van der Waals surface area contributed by atoms with Gasteiger partial charge >= 0.3 is 5.97 Å². The van der Waals surface area contributed by atoms with Gasteiger partial charge in [0.25, 0.3) is 0 Å². The average molecular weight is 583 g/mol. The standard InChI is InChI=1S/C33H46N2O7/c1-21(2)32(39)34-24(5)33(40)42-29-16-11-9-7-8-10-15-28(41-6)20-30(37)35-26-17-25(18-27(36)19-26)14-12-13-22(3)31(38)23(29)4/h7-11,13,15,17-19,21,23-24,28-29,31,36,38H,12,14,16,20H2,1-6H3,(H,34,39)(H,35,37)/b8-7-,11-9-,15-10-,22-13-/t23-,24+,28-,29-,31-/m0/s1. The molecule has 0 radical (unpaired) electrons. The SMILES string of the molecule is CO[C@H]1\C=C/C=C\C=C/C[C@H](OC(=O)[C@@H](C)NC(=O)C(C)C)[C@H](C)[C@@H](O)/C(C)=C\CCc2cc(O)cc(c2)NC(=O)C1. The molecule has 1 aliphatic heterocycles. The van der Waals surface area contributed by atoms with Crippen LogP contribution in [0.3, 0.4) is 0 Å². The molecule has 0 aliphatic carbocycles. The maximum atomic E-state index is 12.9. The predicted octanol–water partition coefficient (Wildman–Crippen LogP) is 4.76. The van der Waals surface area contributed by atoms with Crippen molar-refractivity contribution in [2.45, 2.75) is 84.7 Å². The Morgan fingerprint density at radius 1 is 1.10 bits per heavy atom. The van der Waals surface area contributed by atoms with E-state index in [9.17, 15) is 24.6 Å². The van der Waals surface area contributed by atoms with Crippen molar-refractivity contribution in [1.29, 1.82) is 0 Å². The normalized spacial score (nSPS) is 26.9. The molecule has 0 spiro atoms. The van der Waals surface area contributed by atoms with E-state index in [1.54, 1.807) is 51.1 Å². The highest BCUT2D eigenvalue weighted by atomic mass is 16.5. The van der Waals surface area contributed by atoms with Crippen molar-refractivity contribution < 1.29 is 34.1 Å². The van der Waals surface area contributed by atoms with Crippen molar-refractivity contribution in [2.75, 3.05) is 12.4 Å². The van der Waals surface area contributed by atoms with Crippen molar-refractivity contribution in [3.63, 3.8) is 0 Å². The van der Waals surface area contributed by atoms with Crippen LogP contribution in [0.5, 0.6) is 5.75 Å². The summed E-state index contributed by atoms with van der Waals surface area (Å²) in [5.74, 6) is -1.73. The summed E-state index contributed by atoms with van der Waals surface area (Å²) >= 11 is 0. The molecule has 0 unspecified atom stereocenters. The number of fused-ring (bicyclic) bond motifs is 2. The molecular formula is C33H46N2O7. The Labute approximate surface area is 249 Å². The summed E-state index contributed by atoms with van der Waals surface area (Å²) in [7, 11) is 1.53. The second-order valence-corrected chi connectivity index (χ2v) is 11.0. The maximum absolute atomic E-state index is 12.9. The summed E-state index contributed by atoms with van der Waals surface area (Å²) in [5, 5.41) is 26.9. The second kappa shape index (κ2) is 17.3. The van der Waals surface area contributed by atoms with Gasteiger partial charge in [-0.3, -0.25) is 9.59 Å². The van der Waals surface area contributed by atoms with Gasteiger partial charge < -0.3 is 30.3 Å². The number of nitrogens with one attached hydrogen (secondary N) is 2. The number of aliphatic hydroxyl groups is 1. The molecule has 2 bridgehead atoms. The number of methoxy groups -OCH3 is 1. The van der Waals surface area contributed by atoms with Crippen molar-refractivity contribution in [3.8, 4) is 5.75 Å². The fraction of sp³-hybridized carbons (Fsp3) is 0.485. The van der Waals surface area contributed by atoms with E-state index in [4.69, 9.17) is 9.47 Å². The first-order valence-corrected chi connectivity index (χ1v) is 14.4. The third-order valence-electron chi connectivity index (χ3n) is 7.07. The van der Waals surface area contributed by atoms with Crippen LogP contribution >= 0.6 is 0 Å². The first-order chi connectivity index (χ1) is 19.9. The average Bonchev–Trinajstić information content (AvgIpc) is 2.93. The van der Waals surface area contributed by atoms with Crippen LogP contribution < -0.4 is 10.6 Å². The van der Waals surface area contributed by atoms with Crippen LogP contribution in [0.25, 0.3) is 0 Å². The summed E-state index contributed by atoms with van der Waals surface area (Å²) in [6, 6.07) is 4.11. The van der Waals surface area contributed by atoms with Gasteiger partial charge in [-0.1, -0.05) is 63.3 Å². The van der Waals surface area contributed by atoms with Crippen LogP contribution in [0.4, 0.5) is 5.69 Å². The summed E-state index contributed by atoms with van der Waals surface area (Å²) in [6.07, 6.45) is 12.4. The Morgan fingerprint density at radius 2 is 1.81 bits per heavy atom. The summed E-state index contributed by atoms with van der Waals surface area (Å²) in [4.78, 5) is 37.5. The van der Waals surface area contributed by atoms with Crippen molar-refractivity contribution in [2.24, 2.45) is 11.8 Å². The van der Waals surface area contributed by atoms with Gasteiger partial charge in [-0.25, -0.2) is 4.79 Å². The van der Waals surface area contributed by atoms with E-state index in [2.05, 4.69) is 10.6 Å². The number of hydrogen-bond donors (Lipinski definition) is 4. The number of ether oxygens (including phenoxy) is 2.